The van der Waals surface area contributed by atoms with E-state index in [1.54, 1.807) is 31.3 Å². The first-order valence-electron chi connectivity index (χ1n) is 8.05. The van der Waals surface area contributed by atoms with Crippen LogP contribution in [0, 0.1) is 6.92 Å². The first-order chi connectivity index (χ1) is 12.1. The fourth-order valence-electron chi connectivity index (χ4n) is 2.70. The molecule has 2 aromatic rings. The molecule has 3 rings (SSSR count). The third-order valence-electron chi connectivity index (χ3n) is 3.97. The highest BCUT2D eigenvalue weighted by Gasteiger charge is 2.33. The molecule has 0 radical (unpaired) electrons. The molecule has 1 heterocycles. The second-order valence-electron chi connectivity index (χ2n) is 5.80. The molecule has 130 valence electrons. The normalized spacial score (nSPS) is 15.8. The molecule has 2 aromatic carbocycles. The monoisotopic (exact) mass is 340 g/mol. The maximum Gasteiger partial charge on any atom is 0.265 e. The highest BCUT2D eigenvalue weighted by molar-refractivity contribution is 5.98. The summed E-state index contributed by atoms with van der Waals surface area (Å²) in [4.78, 5) is 26.2. The van der Waals surface area contributed by atoms with E-state index in [4.69, 9.17) is 9.47 Å². The van der Waals surface area contributed by atoms with Crippen molar-refractivity contribution in [3.05, 3.63) is 54.1 Å². The van der Waals surface area contributed by atoms with Crippen LogP contribution < -0.4 is 19.7 Å². The minimum Gasteiger partial charge on any atom is -0.484 e. The van der Waals surface area contributed by atoms with Crippen LogP contribution in [-0.4, -0.2) is 38.1 Å². The SMILES string of the molecule is CNC(=O)[C@@H]1CN(C(=O)COc2cccc(C)c2)c2ccccc2O1. The number of ether oxygens (including phenoxy) is 2. The highest BCUT2D eigenvalue weighted by atomic mass is 16.5. The Balaban J connectivity index is 1.77. The summed E-state index contributed by atoms with van der Waals surface area (Å²) in [5.41, 5.74) is 1.70. The van der Waals surface area contributed by atoms with E-state index in [9.17, 15) is 9.59 Å². The number of nitrogens with zero attached hydrogens (tertiary/aromatic N) is 1. The van der Waals surface area contributed by atoms with Crippen LogP contribution in [-0.2, 0) is 9.59 Å². The van der Waals surface area contributed by atoms with Crippen molar-refractivity contribution in [2.45, 2.75) is 13.0 Å². The molecule has 6 nitrogen and oxygen atoms in total. The van der Waals surface area contributed by atoms with Crippen LogP contribution in [0.4, 0.5) is 5.69 Å². The van der Waals surface area contributed by atoms with Gasteiger partial charge >= 0.3 is 0 Å². The molecule has 25 heavy (non-hydrogen) atoms. The lowest BCUT2D eigenvalue weighted by atomic mass is 10.1. The van der Waals surface area contributed by atoms with Crippen molar-refractivity contribution < 1.29 is 19.1 Å². The van der Waals surface area contributed by atoms with Crippen LogP contribution in [0.3, 0.4) is 0 Å². The summed E-state index contributed by atoms with van der Waals surface area (Å²) >= 11 is 0. The third-order valence-corrected chi connectivity index (χ3v) is 3.97. The van der Waals surface area contributed by atoms with E-state index in [2.05, 4.69) is 5.32 Å². The van der Waals surface area contributed by atoms with Gasteiger partial charge in [-0.3, -0.25) is 9.59 Å². The van der Waals surface area contributed by atoms with Crippen molar-refractivity contribution in [1.82, 2.24) is 5.32 Å². The van der Waals surface area contributed by atoms with Gasteiger partial charge < -0.3 is 19.7 Å². The summed E-state index contributed by atoms with van der Waals surface area (Å²) < 4.78 is 11.3. The molecular weight excluding hydrogens is 320 g/mol. The van der Waals surface area contributed by atoms with Gasteiger partial charge in [-0.2, -0.15) is 0 Å². The molecule has 1 atom stereocenters. The molecule has 0 spiro atoms. The number of aryl methyl sites for hydroxylation is 1. The quantitative estimate of drug-likeness (QED) is 0.923. The van der Waals surface area contributed by atoms with Gasteiger partial charge in [0.25, 0.3) is 11.8 Å². The predicted molar refractivity (Wildman–Crippen MR) is 94.0 cm³/mol. The number of rotatable bonds is 4. The summed E-state index contributed by atoms with van der Waals surface area (Å²) in [6.07, 6.45) is -0.747. The second kappa shape index (κ2) is 7.25. The number of amides is 2. The number of likely N-dealkylation sites (N-methyl/N-ethyl adjacent to an activating group) is 1. The zero-order valence-electron chi connectivity index (χ0n) is 14.2. The second-order valence-corrected chi connectivity index (χ2v) is 5.80. The molecule has 1 N–H and O–H groups in total. The summed E-state index contributed by atoms with van der Waals surface area (Å²) in [7, 11) is 1.54. The maximum atomic E-state index is 12.7. The summed E-state index contributed by atoms with van der Waals surface area (Å²) in [6.45, 7) is 1.99. The fourth-order valence-corrected chi connectivity index (χ4v) is 2.70. The molecule has 6 heteroatoms. The van der Waals surface area contributed by atoms with Crippen molar-refractivity contribution >= 4 is 17.5 Å². The van der Waals surface area contributed by atoms with Gasteiger partial charge in [0, 0.05) is 7.05 Å². The summed E-state index contributed by atoms with van der Waals surface area (Å²) in [6, 6.07) is 14.7. The van der Waals surface area contributed by atoms with Crippen molar-refractivity contribution in [3.8, 4) is 11.5 Å². The molecule has 0 fully saturated rings. The van der Waals surface area contributed by atoms with Crippen LogP contribution in [0.1, 0.15) is 5.56 Å². The molecule has 0 aromatic heterocycles. The molecule has 2 amide bonds. The molecule has 0 saturated carbocycles. The first-order valence-corrected chi connectivity index (χ1v) is 8.05. The topological polar surface area (TPSA) is 67.9 Å². The van der Waals surface area contributed by atoms with E-state index in [0.29, 0.717) is 17.2 Å². The summed E-state index contributed by atoms with van der Waals surface area (Å²) in [5, 5.41) is 2.56. The van der Waals surface area contributed by atoms with E-state index in [1.807, 2.05) is 31.2 Å². The number of carbonyl (C=O) groups is 2. The Morgan fingerprint density at radius 1 is 1.24 bits per heavy atom. The van der Waals surface area contributed by atoms with Crippen molar-refractivity contribution in [2.24, 2.45) is 0 Å². The fraction of sp³-hybridized carbons (Fsp3) is 0.263. The van der Waals surface area contributed by atoms with Gasteiger partial charge in [0.05, 0.1) is 12.2 Å². The number of hydrogen-bond donors (Lipinski definition) is 1. The average Bonchev–Trinajstić information content (AvgIpc) is 2.64. The van der Waals surface area contributed by atoms with E-state index >= 15 is 0 Å². The number of benzene rings is 2. The molecule has 0 bridgehead atoms. The number of fused-ring (bicyclic) bond motifs is 1. The summed E-state index contributed by atoms with van der Waals surface area (Å²) in [5.74, 6) is 0.641. The van der Waals surface area contributed by atoms with E-state index in [-0.39, 0.29) is 25.0 Å². The number of anilines is 1. The van der Waals surface area contributed by atoms with Crippen molar-refractivity contribution in [1.29, 1.82) is 0 Å². The predicted octanol–water partition coefficient (Wildman–Crippen LogP) is 1.91. The molecule has 1 aliphatic rings. The van der Waals surface area contributed by atoms with E-state index < -0.39 is 6.10 Å². The van der Waals surface area contributed by atoms with Gasteiger partial charge in [-0.25, -0.2) is 0 Å². The minimum atomic E-state index is -0.747. The van der Waals surface area contributed by atoms with Crippen molar-refractivity contribution in [2.75, 3.05) is 25.1 Å². The lowest BCUT2D eigenvalue weighted by Gasteiger charge is -2.33. The van der Waals surface area contributed by atoms with Gasteiger partial charge in [-0.1, -0.05) is 24.3 Å². The van der Waals surface area contributed by atoms with Crippen LogP contribution in [0.5, 0.6) is 11.5 Å². The smallest absolute Gasteiger partial charge is 0.265 e. The van der Waals surface area contributed by atoms with E-state index in [0.717, 1.165) is 5.56 Å². The standard InChI is InChI=1S/C19H20N2O4/c1-13-6-5-7-14(10-13)24-12-18(22)21-11-17(19(23)20-2)25-16-9-4-3-8-15(16)21/h3-10,17H,11-12H2,1-2H3,(H,20,23)/t17-/m0/s1. The van der Waals surface area contributed by atoms with Crippen LogP contribution in [0.2, 0.25) is 0 Å². The number of nitrogens with one attached hydrogen (secondary N) is 1. The molecule has 1 aliphatic heterocycles. The molecular formula is C19H20N2O4. The largest absolute Gasteiger partial charge is 0.484 e. The van der Waals surface area contributed by atoms with Crippen molar-refractivity contribution in [3.63, 3.8) is 0 Å². The highest BCUT2D eigenvalue weighted by Crippen LogP contribution is 2.33. The van der Waals surface area contributed by atoms with Gasteiger partial charge in [-0.15, -0.1) is 0 Å². The average molecular weight is 340 g/mol. The van der Waals surface area contributed by atoms with Crippen LogP contribution >= 0.6 is 0 Å². The third kappa shape index (κ3) is 3.74. The lowest BCUT2D eigenvalue weighted by molar-refractivity contribution is -0.128. The van der Waals surface area contributed by atoms with Gasteiger partial charge in [0.1, 0.15) is 11.5 Å². The Bertz CT molecular complexity index is 790. The Labute approximate surface area is 146 Å². The Morgan fingerprint density at radius 3 is 2.80 bits per heavy atom. The van der Waals surface area contributed by atoms with Gasteiger partial charge in [0.15, 0.2) is 12.7 Å². The molecule has 0 unspecified atom stereocenters. The minimum absolute atomic E-state index is 0.113. The number of para-hydroxylation sites is 2. The lowest BCUT2D eigenvalue weighted by Crippen LogP contribution is -2.51. The molecule has 0 saturated heterocycles. The zero-order chi connectivity index (χ0) is 17.8. The zero-order valence-corrected chi connectivity index (χ0v) is 14.2. The Kier molecular flexibility index (Phi) is 4.88. The molecule has 0 aliphatic carbocycles. The van der Waals surface area contributed by atoms with Crippen LogP contribution in [0.25, 0.3) is 0 Å². The van der Waals surface area contributed by atoms with Gasteiger partial charge in [-0.05, 0) is 36.8 Å². The van der Waals surface area contributed by atoms with Gasteiger partial charge in [0.2, 0.25) is 0 Å². The maximum absolute atomic E-state index is 12.7. The number of hydrogen-bond acceptors (Lipinski definition) is 4. The first kappa shape index (κ1) is 16.8. The van der Waals surface area contributed by atoms with E-state index in [1.165, 1.54) is 4.90 Å². The van der Waals surface area contributed by atoms with Crippen LogP contribution in [0.15, 0.2) is 48.5 Å². The Hall–Kier alpha value is -3.02. The Morgan fingerprint density at radius 2 is 2.04 bits per heavy atom. The number of carbonyl (C=O) groups excluding carboxylic acids is 2.